The predicted molar refractivity (Wildman–Crippen MR) is 117 cm³/mol. The third-order valence-corrected chi connectivity index (χ3v) is 6.40. The molecule has 160 valence electrons. The summed E-state index contributed by atoms with van der Waals surface area (Å²) in [5.74, 6) is 0.986. The van der Waals surface area contributed by atoms with Crippen LogP contribution in [-0.4, -0.2) is 67.0 Å². The van der Waals surface area contributed by atoms with Crippen molar-refractivity contribution >= 4 is 35.1 Å². The fourth-order valence-electron chi connectivity index (χ4n) is 3.64. The molecule has 3 heterocycles. The van der Waals surface area contributed by atoms with Crippen molar-refractivity contribution in [2.45, 2.75) is 29.5 Å². The van der Waals surface area contributed by atoms with E-state index in [1.54, 1.807) is 6.07 Å². The summed E-state index contributed by atoms with van der Waals surface area (Å²) in [5.41, 5.74) is 1.73. The van der Waals surface area contributed by atoms with Crippen LogP contribution in [0, 0.1) is 0 Å². The number of ether oxygens (including phenoxy) is 2. The Hall–Kier alpha value is -1.87. The first-order chi connectivity index (χ1) is 14.4. The van der Waals surface area contributed by atoms with Crippen LogP contribution in [0.1, 0.15) is 28.8 Å². The van der Waals surface area contributed by atoms with Gasteiger partial charge in [0.05, 0.1) is 13.2 Å². The molecule has 1 amide bonds. The van der Waals surface area contributed by atoms with Crippen molar-refractivity contribution in [3.8, 4) is 0 Å². The van der Waals surface area contributed by atoms with Gasteiger partial charge in [0.2, 0.25) is 0 Å². The minimum Gasteiger partial charge on any atom is -0.363 e. The van der Waals surface area contributed by atoms with Gasteiger partial charge in [0.25, 0.3) is 5.91 Å². The fourth-order valence-corrected chi connectivity index (χ4v) is 4.66. The molecule has 2 saturated heterocycles. The zero-order valence-electron chi connectivity index (χ0n) is 17.1. The van der Waals surface area contributed by atoms with Crippen LogP contribution >= 0.6 is 23.4 Å². The maximum Gasteiger partial charge on any atom is 0.253 e. The van der Waals surface area contributed by atoms with Crippen molar-refractivity contribution < 1.29 is 14.3 Å². The van der Waals surface area contributed by atoms with Crippen LogP contribution in [0.3, 0.4) is 0 Å². The van der Waals surface area contributed by atoms with Gasteiger partial charge in [-0.25, -0.2) is 9.97 Å². The van der Waals surface area contributed by atoms with Gasteiger partial charge in [0.15, 0.2) is 10.9 Å². The minimum absolute atomic E-state index is 0.0450. The summed E-state index contributed by atoms with van der Waals surface area (Å²) in [7, 11) is 3.82. The molecule has 1 aromatic carbocycles. The molecule has 0 saturated carbocycles. The number of hydrogen-bond donors (Lipinski definition) is 0. The molecule has 0 aliphatic carbocycles. The minimum atomic E-state index is -0.475. The smallest absolute Gasteiger partial charge is 0.253 e. The number of benzene rings is 1. The number of aromatic nitrogens is 2. The van der Waals surface area contributed by atoms with E-state index >= 15 is 0 Å². The van der Waals surface area contributed by atoms with Crippen molar-refractivity contribution in [1.29, 1.82) is 0 Å². The number of piperidine rings is 1. The lowest BCUT2D eigenvalue weighted by Gasteiger charge is -2.37. The van der Waals surface area contributed by atoms with Crippen molar-refractivity contribution in [2.75, 3.05) is 45.3 Å². The molecule has 2 aliphatic rings. The van der Waals surface area contributed by atoms with E-state index in [1.165, 1.54) is 11.8 Å². The summed E-state index contributed by atoms with van der Waals surface area (Å²) >= 11 is 7.61. The normalized spacial score (nSPS) is 18.0. The largest absolute Gasteiger partial charge is 0.363 e. The van der Waals surface area contributed by atoms with Gasteiger partial charge in [-0.15, -0.1) is 0 Å². The third-order valence-electron chi connectivity index (χ3n) is 5.29. The van der Waals surface area contributed by atoms with Crippen molar-refractivity contribution in [3.05, 3.63) is 46.6 Å². The molecule has 0 N–H and O–H groups in total. The SMILES string of the molecule is CN(C)c1cc(Cl)nc(SCc2cccc(C(=O)N3CCC4(CC3)OCCO4)c2)n1. The maximum atomic E-state index is 13.0. The van der Waals surface area contributed by atoms with Crippen molar-refractivity contribution in [1.82, 2.24) is 14.9 Å². The first-order valence-corrected chi connectivity index (χ1v) is 11.3. The van der Waals surface area contributed by atoms with Gasteiger partial charge in [-0.3, -0.25) is 4.79 Å². The number of rotatable bonds is 5. The van der Waals surface area contributed by atoms with E-state index in [0.29, 0.717) is 60.8 Å². The number of carbonyl (C=O) groups excluding carboxylic acids is 1. The zero-order valence-corrected chi connectivity index (χ0v) is 18.7. The molecule has 9 heteroatoms. The van der Waals surface area contributed by atoms with Crippen LogP contribution in [0.2, 0.25) is 5.15 Å². The van der Waals surface area contributed by atoms with E-state index in [0.717, 1.165) is 11.4 Å². The van der Waals surface area contributed by atoms with Gasteiger partial charge in [0, 0.05) is 57.4 Å². The molecule has 0 unspecified atom stereocenters. The molecule has 0 bridgehead atoms. The molecule has 0 radical (unpaired) electrons. The van der Waals surface area contributed by atoms with E-state index in [1.807, 2.05) is 48.2 Å². The Balaban J connectivity index is 1.39. The van der Waals surface area contributed by atoms with Gasteiger partial charge in [0.1, 0.15) is 11.0 Å². The second-order valence-electron chi connectivity index (χ2n) is 7.61. The van der Waals surface area contributed by atoms with E-state index in [9.17, 15) is 4.79 Å². The van der Waals surface area contributed by atoms with E-state index < -0.39 is 5.79 Å². The third kappa shape index (κ3) is 4.88. The highest BCUT2D eigenvalue weighted by atomic mass is 35.5. The number of likely N-dealkylation sites (tertiary alicyclic amines) is 1. The topological polar surface area (TPSA) is 67.8 Å². The molecular formula is C21H25ClN4O3S. The molecule has 30 heavy (non-hydrogen) atoms. The summed E-state index contributed by atoms with van der Waals surface area (Å²) in [6.07, 6.45) is 1.43. The summed E-state index contributed by atoms with van der Waals surface area (Å²) in [4.78, 5) is 25.6. The highest BCUT2D eigenvalue weighted by Gasteiger charge is 2.40. The molecule has 1 spiro atoms. The Bertz CT molecular complexity index is 911. The van der Waals surface area contributed by atoms with Crippen LogP contribution in [-0.2, 0) is 15.2 Å². The van der Waals surface area contributed by atoms with Crippen LogP contribution in [0.15, 0.2) is 35.5 Å². The molecule has 4 rings (SSSR count). The van der Waals surface area contributed by atoms with Gasteiger partial charge in [-0.1, -0.05) is 35.5 Å². The van der Waals surface area contributed by atoms with Gasteiger partial charge in [-0.2, -0.15) is 0 Å². The first-order valence-electron chi connectivity index (χ1n) is 9.95. The molecule has 2 aromatic rings. The van der Waals surface area contributed by atoms with Crippen LogP contribution < -0.4 is 4.90 Å². The Morgan fingerprint density at radius 1 is 1.20 bits per heavy atom. The Morgan fingerprint density at radius 2 is 1.93 bits per heavy atom. The molecule has 2 fully saturated rings. The number of carbonyl (C=O) groups is 1. The summed E-state index contributed by atoms with van der Waals surface area (Å²) in [6, 6.07) is 9.47. The lowest BCUT2D eigenvalue weighted by Crippen LogP contribution is -2.47. The average molecular weight is 449 g/mol. The highest BCUT2D eigenvalue weighted by Crippen LogP contribution is 2.32. The zero-order chi connectivity index (χ0) is 21.1. The fraction of sp³-hybridized carbons (Fsp3) is 0.476. The number of hydrogen-bond acceptors (Lipinski definition) is 7. The van der Waals surface area contributed by atoms with E-state index in [-0.39, 0.29) is 5.91 Å². The average Bonchev–Trinajstić information content (AvgIpc) is 3.20. The highest BCUT2D eigenvalue weighted by molar-refractivity contribution is 7.98. The monoisotopic (exact) mass is 448 g/mol. The van der Waals surface area contributed by atoms with Gasteiger partial charge < -0.3 is 19.3 Å². The second kappa shape index (κ2) is 9.09. The maximum absolute atomic E-state index is 13.0. The standard InChI is InChI=1S/C21H25ClN4O3S/c1-25(2)18-13-17(22)23-20(24-18)30-14-15-4-3-5-16(12-15)19(27)26-8-6-21(7-9-26)28-10-11-29-21/h3-5,12-13H,6-11,14H2,1-2H3. The number of amides is 1. The molecular weight excluding hydrogens is 424 g/mol. The van der Waals surface area contributed by atoms with Crippen molar-refractivity contribution in [2.24, 2.45) is 0 Å². The van der Waals surface area contributed by atoms with Gasteiger partial charge >= 0.3 is 0 Å². The number of halogens is 1. The Morgan fingerprint density at radius 3 is 2.63 bits per heavy atom. The first kappa shape index (κ1) is 21.4. The van der Waals surface area contributed by atoms with E-state index in [4.69, 9.17) is 21.1 Å². The molecule has 1 aromatic heterocycles. The number of thioether (sulfide) groups is 1. The van der Waals surface area contributed by atoms with Crippen LogP contribution in [0.4, 0.5) is 5.82 Å². The number of anilines is 1. The predicted octanol–water partition coefficient (Wildman–Crippen LogP) is 3.47. The summed E-state index contributed by atoms with van der Waals surface area (Å²) < 4.78 is 11.5. The summed E-state index contributed by atoms with van der Waals surface area (Å²) in [6.45, 7) is 2.56. The lowest BCUT2D eigenvalue weighted by molar-refractivity contribution is -0.181. The van der Waals surface area contributed by atoms with Crippen molar-refractivity contribution in [3.63, 3.8) is 0 Å². The van der Waals surface area contributed by atoms with Crippen LogP contribution in [0.25, 0.3) is 0 Å². The number of nitrogens with zero attached hydrogens (tertiary/aromatic N) is 4. The molecule has 7 nitrogen and oxygen atoms in total. The Labute approximate surface area is 185 Å². The second-order valence-corrected chi connectivity index (χ2v) is 8.94. The van der Waals surface area contributed by atoms with E-state index in [2.05, 4.69) is 9.97 Å². The van der Waals surface area contributed by atoms with Crippen LogP contribution in [0.5, 0.6) is 0 Å². The molecule has 2 aliphatic heterocycles. The Kier molecular flexibility index (Phi) is 6.48. The molecule has 0 atom stereocenters. The quantitative estimate of drug-likeness (QED) is 0.394. The summed E-state index contributed by atoms with van der Waals surface area (Å²) in [5, 5.41) is 1.03. The van der Waals surface area contributed by atoms with Gasteiger partial charge in [-0.05, 0) is 17.7 Å². The lowest BCUT2D eigenvalue weighted by atomic mass is 10.0.